The highest BCUT2D eigenvalue weighted by Crippen LogP contribution is 2.03. The van der Waals surface area contributed by atoms with Gasteiger partial charge in [-0.1, -0.05) is 6.04 Å². The third-order valence-electron chi connectivity index (χ3n) is 1.67. The molecule has 0 aliphatic carbocycles. The maximum atomic E-state index is 9.75. The maximum absolute atomic E-state index is 9.75. The quantitative estimate of drug-likeness (QED) is 0.308. The van der Waals surface area contributed by atoms with Gasteiger partial charge in [0.25, 0.3) is 0 Å². The number of hydrogen-bond donors (Lipinski definition) is 0. The van der Waals surface area contributed by atoms with Gasteiger partial charge < -0.3 is 4.43 Å². The van der Waals surface area contributed by atoms with Crippen LogP contribution in [0.3, 0.4) is 0 Å². The van der Waals surface area contributed by atoms with Crippen LogP contribution in [0.25, 0.3) is 0 Å². The Hall–Kier alpha value is -0.226. The lowest BCUT2D eigenvalue weighted by Crippen LogP contribution is -2.33. The molecular formula is C5H11NO2Si2. The molecule has 1 rings (SSSR count). The molecule has 1 unspecified atom stereocenters. The van der Waals surface area contributed by atoms with Crippen molar-refractivity contribution >= 4 is 23.7 Å². The van der Waals surface area contributed by atoms with E-state index in [1.54, 1.807) is 6.08 Å². The molecule has 0 bridgehead atoms. The van der Waals surface area contributed by atoms with Crippen LogP contribution < -0.4 is 0 Å². The zero-order valence-corrected chi connectivity index (χ0v) is 8.45. The molecule has 0 radical (unpaired) electrons. The van der Waals surface area contributed by atoms with Crippen LogP contribution in [-0.2, 0) is 9.22 Å². The second kappa shape index (κ2) is 4.57. The minimum atomic E-state index is -0.656. The monoisotopic (exact) mass is 173 g/mol. The number of carbonyl (C=O) groups excluding carboxylic acids is 1. The fraction of sp³-hybridized carbons (Fsp3) is 0.800. The molecule has 0 saturated carbocycles. The summed E-state index contributed by atoms with van der Waals surface area (Å²) in [4.78, 5) is 13.4. The van der Waals surface area contributed by atoms with E-state index in [1.807, 2.05) is 0 Å². The Bertz CT molecular complexity index is 141. The normalized spacial score (nSPS) is 27.8. The van der Waals surface area contributed by atoms with Crippen LogP contribution in [0.2, 0.25) is 6.04 Å². The Morgan fingerprint density at radius 3 is 3.30 bits per heavy atom. The Balaban J connectivity index is 2.19. The second-order valence-electron chi connectivity index (χ2n) is 2.52. The Labute approximate surface area is 63.8 Å². The SMILES string of the molecule is O=C=NC[SiH]1CCCO[SiH2]1. The van der Waals surface area contributed by atoms with Gasteiger partial charge in [-0.25, -0.2) is 9.79 Å². The summed E-state index contributed by atoms with van der Waals surface area (Å²) in [5, 5.41) is 0. The Morgan fingerprint density at radius 2 is 2.70 bits per heavy atom. The molecule has 1 aliphatic rings. The fourth-order valence-corrected chi connectivity index (χ4v) is 6.92. The van der Waals surface area contributed by atoms with Crippen LogP contribution in [0.5, 0.6) is 0 Å². The van der Waals surface area contributed by atoms with Gasteiger partial charge in [-0.3, -0.25) is 0 Å². The minimum absolute atomic E-state index is 0.232. The van der Waals surface area contributed by atoms with Crippen LogP contribution >= 0.6 is 0 Å². The van der Waals surface area contributed by atoms with Crippen LogP contribution in [0.4, 0.5) is 0 Å². The van der Waals surface area contributed by atoms with E-state index in [2.05, 4.69) is 4.99 Å². The molecule has 0 aromatic heterocycles. The third kappa shape index (κ3) is 2.57. The van der Waals surface area contributed by atoms with Gasteiger partial charge in [0, 0.05) is 12.8 Å². The van der Waals surface area contributed by atoms with Crippen molar-refractivity contribution in [2.45, 2.75) is 12.5 Å². The zero-order valence-electron chi connectivity index (χ0n) is 5.88. The fourth-order valence-electron chi connectivity index (χ4n) is 1.12. The Morgan fingerprint density at radius 1 is 1.80 bits per heavy atom. The summed E-state index contributed by atoms with van der Waals surface area (Å²) in [6.07, 6.45) is 3.57. The standard InChI is InChI=1S/C5H11NO2Si2/c7-4-6-5-10-3-1-2-8-9-10/h10H,1-3,5,9H2. The van der Waals surface area contributed by atoms with Crippen LogP contribution in [0.1, 0.15) is 6.42 Å². The molecule has 10 heavy (non-hydrogen) atoms. The molecule has 0 spiro atoms. The molecule has 5 heteroatoms. The molecule has 1 saturated heterocycles. The minimum Gasteiger partial charge on any atom is -0.427 e. The van der Waals surface area contributed by atoms with Gasteiger partial charge >= 0.3 is 0 Å². The van der Waals surface area contributed by atoms with Crippen molar-refractivity contribution in [1.82, 2.24) is 0 Å². The molecule has 0 aromatic rings. The van der Waals surface area contributed by atoms with Crippen LogP contribution in [0.15, 0.2) is 4.99 Å². The van der Waals surface area contributed by atoms with E-state index >= 15 is 0 Å². The van der Waals surface area contributed by atoms with Gasteiger partial charge in [-0.05, 0) is 6.42 Å². The van der Waals surface area contributed by atoms with E-state index in [-0.39, 0.29) is 9.28 Å². The van der Waals surface area contributed by atoms with Crippen molar-refractivity contribution in [1.29, 1.82) is 0 Å². The molecule has 56 valence electrons. The van der Waals surface area contributed by atoms with E-state index in [1.165, 1.54) is 12.5 Å². The third-order valence-corrected chi connectivity index (χ3v) is 8.71. The lowest BCUT2D eigenvalue weighted by Gasteiger charge is -2.17. The Kier molecular flexibility index (Phi) is 3.60. The summed E-state index contributed by atoms with van der Waals surface area (Å²) in [5.41, 5.74) is 0. The zero-order chi connectivity index (χ0) is 7.23. The molecule has 1 atom stereocenters. The molecule has 1 fully saturated rings. The molecule has 0 aromatic carbocycles. The predicted octanol–water partition coefficient (Wildman–Crippen LogP) is -0.911. The van der Waals surface area contributed by atoms with E-state index in [0.29, 0.717) is 0 Å². The van der Waals surface area contributed by atoms with E-state index in [0.717, 1.165) is 12.8 Å². The second-order valence-corrected chi connectivity index (χ2v) is 10.4. The predicted molar refractivity (Wildman–Crippen MR) is 44.1 cm³/mol. The van der Waals surface area contributed by atoms with Crippen LogP contribution in [-0.4, -0.2) is 36.4 Å². The molecule has 1 aliphatic heterocycles. The molecule has 0 amide bonds. The van der Waals surface area contributed by atoms with Gasteiger partial charge in [-0.15, -0.1) is 0 Å². The van der Waals surface area contributed by atoms with Crippen molar-refractivity contribution in [3.63, 3.8) is 0 Å². The summed E-state index contributed by atoms with van der Waals surface area (Å²) in [6, 6.07) is 1.33. The van der Waals surface area contributed by atoms with Gasteiger partial charge in [-0.2, -0.15) is 0 Å². The first kappa shape index (κ1) is 7.88. The average molecular weight is 173 g/mol. The average Bonchev–Trinajstić information content (AvgIpc) is 2.03. The number of rotatable bonds is 2. The first-order chi connectivity index (χ1) is 4.93. The highest BCUT2D eigenvalue weighted by Gasteiger charge is 2.15. The molecule has 3 nitrogen and oxygen atoms in total. The highest BCUT2D eigenvalue weighted by molar-refractivity contribution is 7.10. The summed E-state index contributed by atoms with van der Waals surface area (Å²) in [6.45, 7) is 0.959. The number of nitrogens with zero attached hydrogens (tertiary/aromatic N) is 1. The summed E-state index contributed by atoms with van der Waals surface area (Å²) >= 11 is 0. The molecular weight excluding hydrogens is 162 g/mol. The first-order valence-electron chi connectivity index (χ1n) is 3.55. The lowest BCUT2D eigenvalue weighted by molar-refractivity contribution is 0.335. The highest BCUT2D eigenvalue weighted by atomic mass is 29.2. The summed E-state index contributed by atoms with van der Waals surface area (Å²) in [5.74, 6) is 0. The molecule has 1 heterocycles. The van der Waals surface area contributed by atoms with E-state index < -0.39 is 8.31 Å². The molecule has 0 N–H and O–H groups in total. The van der Waals surface area contributed by atoms with Gasteiger partial charge in [0.2, 0.25) is 6.08 Å². The van der Waals surface area contributed by atoms with Crippen molar-refractivity contribution in [2.24, 2.45) is 4.99 Å². The van der Waals surface area contributed by atoms with Gasteiger partial charge in [0.05, 0.1) is 8.31 Å². The van der Waals surface area contributed by atoms with Crippen molar-refractivity contribution in [3.05, 3.63) is 0 Å². The topological polar surface area (TPSA) is 38.7 Å². The van der Waals surface area contributed by atoms with Crippen molar-refractivity contribution in [2.75, 3.05) is 12.8 Å². The number of isocyanates is 1. The smallest absolute Gasteiger partial charge is 0.234 e. The number of hydrogen-bond acceptors (Lipinski definition) is 3. The van der Waals surface area contributed by atoms with E-state index in [4.69, 9.17) is 4.43 Å². The lowest BCUT2D eigenvalue weighted by atomic mass is 10.5. The van der Waals surface area contributed by atoms with Crippen molar-refractivity contribution < 1.29 is 9.22 Å². The van der Waals surface area contributed by atoms with E-state index in [9.17, 15) is 4.79 Å². The number of aliphatic imine (C=N–C) groups is 1. The maximum Gasteiger partial charge on any atom is 0.234 e. The summed E-state index contributed by atoms with van der Waals surface area (Å²) < 4.78 is 5.39. The van der Waals surface area contributed by atoms with Gasteiger partial charge in [0.1, 0.15) is 9.28 Å². The van der Waals surface area contributed by atoms with Gasteiger partial charge in [0.15, 0.2) is 0 Å². The van der Waals surface area contributed by atoms with Crippen molar-refractivity contribution in [3.8, 4) is 0 Å². The van der Waals surface area contributed by atoms with Crippen LogP contribution in [0, 0.1) is 0 Å². The summed E-state index contributed by atoms with van der Waals surface area (Å²) in [7, 11) is -0.888. The largest absolute Gasteiger partial charge is 0.427 e. The first-order valence-corrected chi connectivity index (χ1v) is 9.02.